The Balaban J connectivity index is 1.77. The summed E-state index contributed by atoms with van der Waals surface area (Å²) in [5.41, 5.74) is 9.31. The molecule has 4 rings (SSSR count). The number of fused-ring (bicyclic) bond motifs is 1. The predicted molar refractivity (Wildman–Crippen MR) is 108 cm³/mol. The highest BCUT2D eigenvalue weighted by Gasteiger charge is 2.31. The first-order chi connectivity index (χ1) is 13.5. The minimum absolute atomic E-state index is 0.0799. The molecule has 3 aromatic carbocycles. The number of aryl methyl sites for hydroxylation is 1. The van der Waals surface area contributed by atoms with Gasteiger partial charge in [-0.1, -0.05) is 48.0 Å². The van der Waals surface area contributed by atoms with Gasteiger partial charge in [0.25, 0.3) is 5.91 Å². The predicted octanol–water partition coefficient (Wildman–Crippen LogP) is 4.68. The van der Waals surface area contributed by atoms with Crippen LogP contribution in [0.25, 0.3) is 6.08 Å². The van der Waals surface area contributed by atoms with Crippen molar-refractivity contribution in [2.75, 3.05) is 10.6 Å². The highest BCUT2D eigenvalue weighted by molar-refractivity contribution is 6.10. The minimum atomic E-state index is -0.365. The lowest BCUT2D eigenvalue weighted by atomic mass is 10.1. The van der Waals surface area contributed by atoms with Crippen LogP contribution in [0.4, 0.5) is 15.8 Å². The van der Waals surface area contributed by atoms with E-state index in [-0.39, 0.29) is 24.0 Å². The van der Waals surface area contributed by atoms with Crippen LogP contribution in [0.15, 0.2) is 72.5 Å². The topological polar surface area (TPSA) is 55.6 Å². The van der Waals surface area contributed by atoms with E-state index in [2.05, 4.69) is 0 Å². The van der Waals surface area contributed by atoms with E-state index < -0.39 is 0 Å². The maximum absolute atomic E-state index is 14.2. The number of hydrogen-bond donors (Lipinski definition) is 1. The molecule has 140 valence electrons. The van der Waals surface area contributed by atoms with Crippen molar-refractivity contribution >= 4 is 23.4 Å². The molecule has 0 aromatic heterocycles. The third-order valence-electron chi connectivity index (χ3n) is 4.61. The second-order valence-electron chi connectivity index (χ2n) is 6.73. The van der Waals surface area contributed by atoms with E-state index in [4.69, 9.17) is 10.5 Å². The number of hydrogen-bond acceptors (Lipinski definition) is 3. The fourth-order valence-electron chi connectivity index (χ4n) is 3.10. The highest BCUT2D eigenvalue weighted by Crippen LogP contribution is 2.38. The van der Waals surface area contributed by atoms with Crippen molar-refractivity contribution in [3.8, 4) is 5.75 Å². The first-order valence-electron chi connectivity index (χ1n) is 8.92. The van der Waals surface area contributed by atoms with Crippen molar-refractivity contribution < 1.29 is 13.9 Å². The maximum Gasteiger partial charge on any atom is 0.294 e. The van der Waals surface area contributed by atoms with Crippen molar-refractivity contribution in [1.29, 1.82) is 0 Å². The summed E-state index contributed by atoms with van der Waals surface area (Å²) in [6.45, 7) is 2.08. The Bertz CT molecular complexity index is 1070. The van der Waals surface area contributed by atoms with Crippen LogP contribution in [0, 0.1) is 12.7 Å². The van der Waals surface area contributed by atoms with Crippen molar-refractivity contribution in [3.05, 3.63) is 95.0 Å². The molecule has 2 N–H and O–H groups in total. The first kappa shape index (κ1) is 17.8. The molecule has 1 aliphatic rings. The summed E-state index contributed by atoms with van der Waals surface area (Å²) in [4.78, 5) is 14.6. The van der Waals surface area contributed by atoms with E-state index >= 15 is 0 Å². The molecular weight excluding hydrogens is 355 g/mol. The first-order valence-corrected chi connectivity index (χ1v) is 8.92. The third kappa shape index (κ3) is 3.47. The SMILES string of the molecule is Cc1ccc(/C=C2/Oc3ccc(N)cc3N(Cc3ccccc3F)C2=O)cc1. The van der Waals surface area contributed by atoms with Gasteiger partial charge in [0.15, 0.2) is 11.5 Å². The van der Waals surface area contributed by atoms with Crippen LogP contribution < -0.4 is 15.4 Å². The third-order valence-corrected chi connectivity index (χ3v) is 4.61. The zero-order valence-corrected chi connectivity index (χ0v) is 15.4. The molecule has 0 saturated heterocycles. The van der Waals surface area contributed by atoms with Gasteiger partial charge in [0, 0.05) is 11.3 Å². The average Bonchev–Trinajstić information content (AvgIpc) is 2.68. The van der Waals surface area contributed by atoms with Crippen LogP contribution >= 0.6 is 0 Å². The van der Waals surface area contributed by atoms with Gasteiger partial charge in [-0.3, -0.25) is 9.69 Å². The number of halogens is 1. The molecule has 28 heavy (non-hydrogen) atoms. The van der Waals surface area contributed by atoms with Gasteiger partial charge in [0.05, 0.1) is 12.2 Å². The van der Waals surface area contributed by atoms with Gasteiger partial charge in [-0.05, 0) is 42.8 Å². The normalized spacial score (nSPS) is 14.7. The molecule has 0 aliphatic carbocycles. The number of carbonyl (C=O) groups excluding carboxylic acids is 1. The Kier molecular flexibility index (Phi) is 4.57. The van der Waals surface area contributed by atoms with Gasteiger partial charge in [0.2, 0.25) is 0 Å². The monoisotopic (exact) mass is 374 g/mol. The van der Waals surface area contributed by atoms with E-state index in [1.54, 1.807) is 42.5 Å². The molecule has 0 fully saturated rings. The summed E-state index contributed by atoms with van der Waals surface area (Å²) in [6.07, 6.45) is 1.69. The Morgan fingerprint density at radius 2 is 1.82 bits per heavy atom. The number of rotatable bonds is 3. The number of nitrogen functional groups attached to an aromatic ring is 1. The molecule has 0 atom stereocenters. The van der Waals surface area contributed by atoms with E-state index in [9.17, 15) is 9.18 Å². The van der Waals surface area contributed by atoms with E-state index in [1.807, 2.05) is 31.2 Å². The van der Waals surface area contributed by atoms with Crippen LogP contribution in [-0.4, -0.2) is 5.91 Å². The number of benzene rings is 3. The van der Waals surface area contributed by atoms with Crippen molar-refractivity contribution in [2.45, 2.75) is 13.5 Å². The molecule has 0 radical (unpaired) electrons. The number of carbonyl (C=O) groups is 1. The van der Waals surface area contributed by atoms with Gasteiger partial charge in [-0.2, -0.15) is 0 Å². The fraction of sp³-hybridized carbons (Fsp3) is 0.0870. The molecule has 1 heterocycles. The lowest BCUT2D eigenvalue weighted by Crippen LogP contribution is -2.37. The largest absolute Gasteiger partial charge is 0.449 e. The lowest BCUT2D eigenvalue weighted by molar-refractivity contribution is -0.117. The zero-order chi connectivity index (χ0) is 19.7. The van der Waals surface area contributed by atoms with Crippen molar-refractivity contribution in [2.24, 2.45) is 0 Å². The van der Waals surface area contributed by atoms with Gasteiger partial charge in [0.1, 0.15) is 5.82 Å². The summed E-state index contributed by atoms with van der Waals surface area (Å²) in [6, 6.07) is 19.2. The number of nitrogens with zero attached hydrogens (tertiary/aromatic N) is 1. The molecule has 1 aliphatic heterocycles. The van der Waals surface area contributed by atoms with E-state index in [1.165, 1.54) is 11.0 Å². The average molecular weight is 374 g/mol. The number of anilines is 2. The van der Waals surface area contributed by atoms with Crippen LogP contribution in [0.5, 0.6) is 5.75 Å². The Morgan fingerprint density at radius 3 is 2.57 bits per heavy atom. The fourth-order valence-corrected chi connectivity index (χ4v) is 3.10. The molecule has 4 nitrogen and oxygen atoms in total. The van der Waals surface area contributed by atoms with Crippen LogP contribution in [0.1, 0.15) is 16.7 Å². The number of amides is 1. The van der Waals surface area contributed by atoms with Gasteiger partial charge >= 0.3 is 0 Å². The molecule has 5 heteroatoms. The number of ether oxygens (including phenoxy) is 1. The van der Waals surface area contributed by atoms with E-state index in [0.717, 1.165) is 11.1 Å². The Morgan fingerprint density at radius 1 is 1.07 bits per heavy atom. The Labute approximate surface area is 162 Å². The Hall–Kier alpha value is -3.60. The standard InChI is InChI=1S/C23H19FN2O2/c1-15-6-8-16(9-7-15)12-22-23(27)26(14-17-4-2-3-5-19(17)24)20-13-18(25)10-11-21(20)28-22/h2-13H,14,25H2,1H3/b22-12+. The second-order valence-corrected chi connectivity index (χ2v) is 6.73. The number of nitrogens with two attached hydrogens (primary N) is 1. The summed E-state index contributed by atoms with van der Waals surface area (Å²) in [7, 11) is 0. The molecule has 0 unspecified atom stereocenters. The van der Waals surface area contributed by atoms with Gasteiger partial charge in [-0.25, -0.2) is 4.39 Å². The summed E-state index contributed by atoms with van der Waals surface area (Å²) < 4.78 is 20.1. The van der Waals surface area contributed by atoms with Crippen molar-refractivity contribution in [3.63, 3.8) is 0 Å². The quantitative estimate of drug-likeness (QED) is 0.535. The van der Waals surface area contributed by atoms with Crippen molar-refractivity contribution in [1.82, 2.24) is 0 Å². The highest BCUT2D eigenvalue weighted by atomic mass is 19.1. The zero-order valence-electron chi connectivity index (χ0n) is 15.4. The lowest BCUT2D eigenvalue weighted by Gasteiger charge is -2.31. The van der Waals surface area contributed by atoms with E-state index in [0.29, 0.717) is 22.7 Å². The van der Waals surface area contributed by atoms with Crippen LogP contribution in [0.2, 0.25) is 0 Å². The second kappa shape index (κ2) is 7.19. The van der Waals surface area contributed by atoms with Crippen LogP contribution in [-0.2, 0) is 11.3 Å². The van der Waals surface area contributed by atoms with Gasteiger partial charge < -0.3 is 10.5 Å². The maximum atomic E-state index is 14.2. The molecule has 0 spiro atoms. The molecule has 0 saturated carbocycles. The summed E-state index contributed by atoms with van der Waals surface area (Å²) >= 11 is 0. The molecular formula is C23H19FN2O2. The molecule has 1 amide bonds. The molecule has 0 bridgehead atoms. The van der Waals surface area contributed by atoms with Gasteiger partial charge in [-0.15, -0.1) is 0 Å². The molecule has 3 aromatic rings. The van der Waals surface area contributed by atoms with Crippen LogP contribution in [0.3, 0.4) is 0 Å². The minimum Gasteiger partial charge on any atom is -0.449 e. The smallest absolute Gasteiger partial charge is 0.294 e. The summed E-state index contributed by atoms with van der Waals surface area (Å²) in [5, 5.41) is 0. The summed E-state index contributed by atoms with van der Waals surface area (Å²) in [5.74, 6) is -0.0285.